The van der Waals surface area contributed by atoms with Crippen molar-refractivity contribution in [1.29, 1.82) is 0 Å². The topological polar surface area (TPSA) is 37.4 Å². The lowest BCUT2D eigenvalue weighted by atomic mass is 10.1. The van der Waals surface area contributed by atoms with Gasteiger partial charge in [0.2, 0.25) is 0 Å². The van der Waals surface area contributed by atoms with E-state index >= 15 is 0 Å². The van der Waals surface area contributed by atoms with Crippen LogP contribution in [0.15, 0.2) is 12.3 Å². The summed E-state index contributed by atoms with van der Waals surface area (Å²) in [4.78, 5) is 6.51. The maximum atomic E-state index is 13.5. The molecule has 1 saturated heterocycles. The summed E-state index contributed by atoms with van der Waals surface area (Å²) in [6.07, 6.45) is 5.78. The van der Waals surface area contributed by atoms with Crippen LogP contribution in [0.5, 0.6) is 0 Å². The van der Waals surface area contributed by atoms with E-state index in [2.05, 4.69) is 22.2 Å². The average molecular weight is 279 g/mol. The average Bonchev–Trinajstić information content (AvgIpc) is 3.30. The number of pyridine rings is 1. The van der Waals surface area contributed by atoms with Gasteiger partial charge < -0.3 is 15.0 Å². The summed E-state index contributed by atoms with van der Waals surface area (Å²) >= 11 is 0. The molecule has 3 rings (SSSR count). The molecule has 0 atom stereocenters. The van der Waals surface area contributed by atoms with E-state index in [1.54, 1.807) is 6.07 Å². The van der Waals surface area contributed by atoms with Crippen molar-refractivity contribution in [1.82, 2.24) is 10.3 Å². The molecule has 1 aliphatic carbocycles. The molecule has 110 valence electrons. The lowest BCUT2D eigenvalue weighted by Gasteiger charge is -2.33. The molecule has 0 unspecified atom stereocenters. The van der Waals surface area contributed by atoms with Gasteiger partial charge in [0.05, 0.1) is 6.20 Å². The molecule has 1 aliphatic heterocycles. The fourth-order valence-electron chi connectivity index (χ4n) is 2.71. The Bertz CT molecular complexity index is 458. The fourth-order valence-corrected chi connectivity index (χ4v) is 2.71. The van der Waals surface area contributed by atoms with Crippen LogP contribution in [0.1, 0.15) is 31.2 Å². The number of aromatic nitrogens is 1. The summed E-state index contributed by atoms with van der Waals surface area (Å²) in [6, 6.07) is 2.65. The maximum absolute atomic E-state index is 13.5. The molecular weight excluding hydrogens is 257 g/mol. The van der Waals surface area contributed by atoms with Gasteiger partial charge in [-0.3, -0.25) is 0 Å². The molecule has 0 bridgehead atoms. The minimum Gasteiger partial charge on any atom is -0.381 e. The number of nitrogens with zero attached hydrogens (tertiary/aromatic N) is 2. The molecule has 1 aromatic rings. The minimum atomic E-state index is -0.262. The van der Waals surface area contributed by atoms with Crippen molar-refractivity contribution in [3.05, 3.63) is 23.6 Å². The Hall–Kier alpha value is -1.20. The Morgan fingerprint density at radius 3 is 2.80 bits per heavy atom. The van der Waals surface area contributed by atoms with Crippen LogP contribution in [0, 0.1) is 5.82 Å². The number of anilines is 1. The molecule has 4 nitrogen and oxygen atoms in total. The fraction of sp³-hybridized carbons (Fsp3) is 0.667. The molecule has 0 amide bonds. The van der Waals surface area contributed by atoms with Gasteiger partial charge in [0.1, 0.15) is 11.6 Å². The lowest BCUT2D eigenvalue weighted by Crippen LogP contribution is -2.38. The monoisotopic (exact) mass is 279 g/mol. The van der Waals surface area contributed by atoms with Crippen LogP contribution in [0.4, 0.5) is 10.2 Å². The molecule has 20 heavy (non-hydrogen) atoms. The first-order valence-corrected chi connectivity index (χ1v) is 7.42. The first kappa shape index (κ1) is 13.8. The quantitative estimate of drug-likeness (QED) is 0.895. The predicted molar refractivity (Wildman–Crippen MR) is 76.3 cm³/mol. The van der Waals surface area contributed by atoms with E-state index in [-0.39, 0.29) is 5.82 Å². The third-order valence-electron chi connectivity index (χ3n) is 4.14. The van der Waals surface area contributed by atoms with Crippen molar-refractivity contribution >= 4 is 5.82 Å². The number of hydrogen-bond donors (Lipinski definition) is 1. The molecule has 2 heterocycles. The van der Waals surface area contributed by atoms with E-state index in [9.17, 15) is 4.39 Å². The number of rotatable bonds is 5. The van der Waals surface area contributed by atoms with Crippen molar-refractivity contribution in [2.75, 3.05) is 25.2 Å². The smallest absolute Gasteiger partial charge is 0.141 e. The van der Waals surface area contributed by atoms with Crippen LogP contribution in [-0.4, -0.2) is 37.3 Å². The second kappa shape index (κ2) is 6.06. The Balaban J connectivity index is 1.75. The summed E-state index contributed by atoms with van der Waals surface area (Å²) < 4.78 is 18.9. The van der Waals surface area contributed by atoms with Gasteiger partial charge in [-0.15, -0.1) is 0 Å². The Labute approximate surface area is 119 Å². The summed E-state index contributed by atoms with van der Waals surface area (Å²) in [5, 5.41) is 3.44. The van der Waals surface area contributed by atoms with Crippen molar-refractivity contribution in [2.24, 2.45) is 0 Å². The van der Waals surface area contributed by atoms with E-state index in [1.165, 1.54) is 19.0 Å². The third kappa shape index (κ3) is 3.27. The highest BCUT2D eigenvalue weighted by Crippen LogP contribution is 2.25. The molecule has 2 aliphatic rings. The van der Waals surface area contributed by atoms with Crippen LogP contribution in [0.2, 0.25) is 0 Å². The van der Waals surface area contributed by atoms with Crippen molar-refractivity contribution < 1.29 is 9.13 Å². The molecule has 2 fully saturated rings. The van der Waals surface area contributed by atoms with Gasteiger partial charge in [-0.25, -0.2) is 9.37 Å². The molecule has 1 aromatic heterocycles. The molecular formula is C15H22FN3O. The Morgan fingerprint density at radius 2 is 2.10 bits per heavy atom. The maximum Gasteiger partial charge on any atom is 0.141 e. The first-order chi connectivity index (χ1) is 9.74. The van der Waals surface area contributed by atoms with E-state index in [4.69, 9.17) is 4.74 Å². The van der Waals surface area contributed by atoms with Gasteiger partial charge in [-0.2, -0.15) is 0 Å². The van der Waals surface area contributed by atoms with E-state index < -0.39 is 0 Å². The van der Waals surface area contributed by atoms with Crippen LogP contribution >= 0.6 is 0 Å². The van der Waals surface area contributed by atoms with E-state index in [1.807, 2.05) is 0 Å². The lowest BCUT2D eigenvalue weighted by molar-refractivity contribution is 0.0853. The number of halogens is 1. The van der Waals surface area contributed by atoms with E-state index in [0.717, 1.165) is 37.4 Å². The standard InChI is InChI=1S/C15H22FN3O/c1-19(14-4-6-20-7-5-14)15-11(8-12(16)10-18-15)9-17-13-2-3-13/h8,10,13-14,17H,2-7,9H2,1H3. The Morgan fingerprint density at radius 1 is 1.35 bits per heavy atom. The number of ether oxygens (including phenoxy) is 1. The molecule has 1 N–H and O–H groups in total. The zero-order valence-corrected chi connectivity index (χ0v) is 11.9. The predicted octanol–water partition coefficient (Wildman–Crippen LogP) is 2.09. The first-order valence-electron chi connectivity index (χ1n) is 7.42. The molecule has 0 spiro atoms. The summed E-state index contributed by atoms with van der Waals surface area (Å²) in [6.45, 7) is 2.29. The highest BCUT2D eigenvalue weighted by molar-refractivity contribution is 5.47. The summed E-state index contributed by atoms with van der Waals surface area (Å²) in [5.41, 5.74) is 0.950. The van der Waals surface area contributed by atoms with Gasteiger partial charge in [-0.1, -0.05) is 0 Å². The van der Waals surface area contributed by atoms with Gasteiger partial charge >= 0.3 is 0 Å². The highest BCUT2D eigenvalue weighted by atomic mass is 19.1. The van der Waals surface area contributed by atoms with E-state index in [0.29, 0.717) is 18.6 Å². The second-order valence-corrected chi connectivity index (χ2v) is 5.75. The SMILES string of the molecule is CN(c1ncc(F)cc1CNC1CC1)C1CCOCC1. The highest BCUT2D eigenvalue weighted by Gasteiger charge is 2.24. The van der Waals surface area contributed by atoms with Crippen LogP contribution < -0.4 is 10.2 Å². The van der Waals surface area contributed by atoms with Crippen molar-refractivity contribution in [2.45, 2.75) is 44.3 Å². The zero-order valence-electron chi connectivity index (χ0n) is 11.9. The van der Waals surface area contributed by atoms with Gasteiger partial charge in [-0.05, 0) is 31.7 Å². The van der Waals surface area contributed by atoms with Gasteiger partial charge in [0.25, 0.3) is 0 Å². The molecule has 0 aromatic carbocycles. The van der Waals surface area contributed by atoms with Crippen LogP contribution in [0.25, 0.3) is 0 Å². The number of nitrogens with one attached hydrogen (secondary N) is 1. The third-order valence-corrected chi connectivity index (χ3v) is 4.14. The Kier molecular flexibility index (Phi) is 4.17. The van der Waals surface area contributed by atoms with Crippen LogP contribution in [-0.2, 0) is 11.3 Å². The van der Waals surface area contributed by atoms with Crippen molar-refractivity contribution in [3.63, 3.8) is 0 Å². The molecule has 1 saturated carbocycles. The van der Waals surface area contributed by atoms with Gasteiger partial charge in [0, 0.05) is 44.5 Å². The summed E-state index contributed by atoms with van der Waals surface area (Å²) in [7, 11) is 2.05. The molecule has 0 radical (unpaired) electrons. The molecule has 5 heteroatoms. The van der Waals surface area contributed by atoms with Crippen molar-refractivity contribution in [3.8, 4) is 0 Å². The van der Waals surface area contributed by atoms with Crippen LogP contribution in [0.3, 0.4) is 0 Å². The largest absolute Gasteiger partial charge is 0.381 e. The second-order valence-electron chi connectivity index (χ2n) is 5.75. The zero-order chi connectivity index (χ0) is 13.9. The minimum absolute atomic E-state index is 0.262. The summed E-state index contributed by atoms with van der Waals surface area (Å²) in [5.74, 6) is 0.633. The van der Waals surface area contributed by atoms with Gasteiger partial charge in [0.15, 0.2) is 0 Å². The number of hydrogen-bond acceptors (Lipinski definition) is 4. The normalized spacial score (nSPS) is 20.1.